The zero-order valence-corrected chi connectivity index (χ0v) is 41.1. The average Bonchev–Trinajstić information content (AvgIpc) is 4.42. The maximum Gasteiger partial charge on any atom is -0.000695 e. The van der Waals surface area contributed by atoms with Crippen LogP contribution in [-0.2, 0) is 0 Å². The number of fused-ring (bicyclic) bond motifs is 15. The molecule has 0 heterocycles. The van der Waals surface area contributed by atoms with Gasteiger partial charge in [0.1, 0.15) is 0 Å². The van der Waals surface area contributed by atoms with Crippen LogP contribution in [0.15, 0.2) is 243 Å². The predicted octanol–water partition coefficient (Wildman–Crippen LogP) is 21.7. The molecule has 0 saturated carbocycles. The fraction of sp³-hybridized carbons (Fsp3) is 0. The summed E-state index contributed by atoms with van der Waals surface area (Å²) in [5.74, 6) is 0. The standard InChI is InChI=1S/C76H40/c1-4-17-41(18-5-1)45-25-10-12-27-47(45)70-74-55-31-15-24-42-23-14-30-54(61(42)55)72(74)63(44-21-8-3-9-22-44)73-58-38-34-51-50-33-37-57-67-59(39-35-52(64(50)67)53-36-40-60(76(70)73)68(58)65(51)53)75-69-49-28-13-11-26-46(49)48-29-16-32-56(66(48)69)62(71(57)75)43-19-6-2-7-20-43/h1-40H. The van der Waals surface area contributed by atoms with Crippen LogP contribution in [0.5, 0.6) is 0 Å². The van der Waals surface area contributed by atoms with Gasteiger partial charge in [-0.25, -0.2) is 0 Å². The quantitative estimate of drug-likeness (QED) is 0.122. The third-order valence-corrected chi connectivity index (χ3v) is 18.1. The van der Waals surface area contributed by atoms with E-state index in [4.69, 9.17) is 0 Å². The zero-order chi connectivity index (χ0) is 49.1. The maximum atomic E-state index is 2.50. The summed E-state index contributed by atoms with van der Waals surface area (Å²) in [6.45, 7) is 0. The molecular weight excluding hydrogens is 913 g/mol. The third kappa shape index (κ3) is 4.66. The molecule has 0 atom stereocenters. The van der Waals surface area contributed by atoms with Crippen molar-refractivity contribution in [1.29, 1.82) is 0 Å². The molecule has 19 aromatic carbocycles. The van der Waals surface area contributed by atoms with Gasteiger partial charge in [0.25, 0.3) is 0 Å². The van der Waals surface area contributed by atoms with E-state index >= 15 is 0 Å². The largest absolute Gasteiger partial charge is 0.0622 e. The molecule has 0 amide bonds. The van der Waals surface area contributed by atoms with Gasteiger partial charge in [0.15, 0.2) is 0 Å². The lowest BCUT2D eigenvalue weighted by atomic mass is 9.85. The lowest BCUT2D eigenvalue weighted by Gasteiger charge is -2.18. The van der Waals surface area contributed by atoms with Crippen molar-refractivity contribution in [3.8, 4) is 44.5 Å². The summed E-state index contributed by atoms with van der Waals surface area (Å²) < 4.78 is 0. The van der Waals surface area contributed by atoms with Gasteiger partial charge in [-0.2, -0.15) is 0 Å². The smallest absolute Gasteiger partial charge is 0.000695 e. The molecule has 0 unspecified atom stereocenters. The van der Waals surface area contributed by atoms with Crippen molar-refractivity contribution >= 4 is 151 Å². The van der Waals surface area contributed by atoms with Crippen molar-refractivity contribution < 1.29 is 0 Å². The van der Waals surface area contributed by atoms with Gasteiger partial charge in [-0.05, 0) is 195 Å². The van der Waals surface area contributed by atoms with Crippen LogP contribution in [0, 0.1) is 0 Å². The molecule has 0 bridgehead atoms. The van der Waals surface area contributed by atoms with Crippen molar-refractivity contribution in [3.05, 3.63) is 243 Å². The number of hydrogen-bond donors (Lipinski definition) is 0. The third-order valence-electron chi connectivity index (χ3n) is 18.1. The Balaban J connectivity index is 1.02. The molecule has 0 radical (unpaired) electrons. The van der Waals surface area contributed by atoms with E-state index in [1.54, 1.807) is 0 Å². The first-order valence-electron chi connectivity index (χ1n) is 26.8. The molecule has 19 rings (SSSR count). The molecular formula is C76H40. The normalized spacial score (nSPS) is 12.7. The van der Waals surface area contributed by atoms with Crippen LogP contribution in [0.1, 0.15) is 0 Å². The first-order chi connectivity index (χ1) is 37.8. The van der Waals surface area contributed by atoms with E-state index < -0.39 is 0 Å². The molecule has 19 aromatic rings. The summed E-state index contributed by atoms with van der Waals surface area (Å²) in [6, 6.07) is 92.4. The van der Waals surface area contributed by atoms with E-state index in [1.165, 1.54) is 195 Å². The Hall–Kier alpha value is -9.88. The molecule has 0 spiro atoms. The number of hydrogen-bond acceptors (Lipinski definition) is 0. The molecule has 0 aliphatic rings. The maximum absolute atomic E-state index is 2.50. The minimum Gasteiger partial charge on any atom is -0.0622 e. The highest BCUT2D eigenvalue weighted by Gasteiger charge is 2.31. The predicted molar refractivity (Wildman–Crippen MR) is 329 cm³/mol. The lowest BCUT2D eigenvalue weighted by molar-refractivity contribution is 1.61. The molecule has 0 aliphatic carbocycles. The van der Waals surface area contributed by atoms with E-state index in [1.807, 2.05) is 0 Å². The van der Waals surface area contributed by atoms with Crippen molar-refractivity contribution in [2.75, 3.05) is 0 Å². The Morgan fingerprint density at radius 2 is 0.447 bits per heavy atom. The molecule has 0 saturated heterocycles. The Kier molecular flexibility index (Phi) is 7.32. The Morgan fingerprint density at radius 1 is 0.132 bits per heavy atom. The van der Waals surface area contributed by atoms with Gasteiger partial charge < -0.3 is 0 Å². The fourth-order valence-corrected chi connectivity index (χ4v) is 15.5. The summed E-state index contributed by atoms with van der Waals surface area (Å²) in [4.78, 5) is 0. The minimum atomic E-state index is 1.22. The van der Waals surface area contributed by atoms with Crippen LogP contribution in [-0.4, -0.2) is 0 Å². The summed E-state index contributed by atoms with van der Waals surface area (Å²) in [5.41, 5.74) is 10.2. The van der Waals surface area contributed by atoms with Crippen LogP contribution >= 0.6 is 0 Å². The van der Waals surface area contributed by atoms with E-state index in [-0.39, 0.29) is 0 Å². The van der Waals surface area contributed by atoms with E-state index in [2.05, 4.69) is 243 Å². The molecule has 0 aromatic heterocycles. The topological polar surface area (TPSA) is 0 Å². The highest BCUT2D eigenvalue weighted by Crippen LogP contribution is 2.60. The molecule has 76 heavy (non-hydrogen) atoms. The van der Waals surface area contributed by atoms with Crippen molar-refractivity contribution in [2.24, 2.45) is 0 Å². The summed E-state index contributed by atoms with van der Waals surface area (Å²) in [6.07, 6.45) is 0. The summed E-state index contributed by atoms with van der Waals surface area (Å²) in [7, 11) is 0. The Bertz CT molecular complexity index is 5630. The van der Waals surface area contributed by atoms with Gasteiger partial charge >= 0.3 is 0 Å². The monoisotopic (exact) mass is 952 g/mol. The van der Waals surface area contributed by atoms with Gasteiger partial charge in [0.05, 0.1) is 0 Å². The van der Waals surface area contributed by atoms with Crippen molar-refractivity contribution in [1.82, 2.24) is 0 Å². The van der Waals surface area contributed by atoms with Crippen molar-refractivity contribution in [2.45, 2.75) is 0 Å². The van der Waals surface area contributed by atoms with Gasteiger partial charge in [-0.1, -0.05) is 243 Å². The van der Waals surface area contributed by atoms with Crippen LogP contribution in [0.3, 0.4) is 0 Å². The van der Waals surface area contributed by atoms with E-state index in [0.29, 0.717) is 0 Å². The fourth-order valence-electron chi connectivity index (χ4n) is 15.5. The molecule has 0 N–H and O–H groups in total. The molecule has 0 fully saturated rings. The Labute approximate surface area is 435 Å². The first kappa shape index (κ1) is 39.6. The van der Waals surface area contributed by atoms with Crippen LogP contribution in [0.25, 0.3) is 195 Å². The number of rotatable bonds is 4. The zero-order valence-electron chi connectivity index (χ0n) is 41.1. The number of benzene rings is 15. The summed E-state index contributed by atoms with van der Waals surface area (Å²) >= 11 is 0. The highest BCUT2D eigenvalue weighted by molar-refractivity contribution is 6.53. The second-order valence-corrected chi connectivity index (χ2v) is 21.5. The Morgan fingerprint density at radius 3 is 1.03 bits per heavy atom. The first-order valence-corrected chi connectivity index (χ1v) is 26.8. The minimum absolute atomic E-state index is 1.22. The van der Waals surface area contributed by atoms with E-state index in [9.17, 15) is 0 Å². The van der Waals surface area contributed by atoms with Gasteiger partial charge in [-0.3, -0.25) is 0 Å². The van der Waals surface area contributed by atoms with Gasteiger partial charge in [-0.15, -0.1) is 0 Å². The van der Waals surface area contributed by atoms with Gasteiger partial charge in [0, 0.05) is 0 Å². The molecule has 0 heteroatoms. The highest BCUT2D eigenvalue weighted by atomic mass is 14.3. The SMILES string of the molecule is c1ccc(-c2ccccc2-c2c3c4cccc5cccc(c3c(-c3ccccc3)c3c6ccc7c8ccc9c%10c(-c%11ccccc%11)c%11cccc%12c%13ccccc%13c(c%11%12)c%10c%10ccc(c%11ccc(c23)c6c7%11)c8c9%10)c54)cc1. The molecule has 0 nitrogen and oxygen atoms in total. The van der Waals surface area contributed by atoms with Crippen LogP contribution in [0.4, 0.5) is 0 Å². The molecule has 344 valence electrons. The average molecular weight is 953 g/mol. The summed E-state index contributed by atoms with van der Waals surface area (Å²) in [5, 5.41) is 37.4. The van der Waals surface area contributed by atoms with Crippen LogP contribution < -0.4 is 0 Å². The lowest BCUT2D eigenvalue weighted by Crippen LogP contribution is -1.90. The van der Waals surface area contributed by atoms with Gasteiger partial charge in [0.2, 0.25) is 0 Å². The van der Waals surface area contributed by atoms with Crippen molar-refractivity contribution in [3.63, 3.8) is 0 Å². The van der Waals surface area contributed by atoms with E-state index in [0.717, 1.165) is 0 Å². The van der Waals surface area contributed by atoms with Crippen LogP contribution in [0.2, 0.25) is 0 Å². The second kappa shape index (κ2) is 14.0. The molecule has 0 aliphatic heterocycles. The second-order valence-electron chi connectivity index (χ2n) is 21.5.